The van der Waals surface area contributed by atoms with Gasteiger partial charge in [-0.15, -0.1) is 0 Å². The quantitative estimate of drug-likeness (QED) is 0.507. The molecule has 0 saturated carbocycles. The Balaban J connectivity index is 4.18. The summed E-state index contributed by atoms with van der Waals surface area (Å²) in [5.41, 5.74) is 0. The van der Waals surface area contributed by atoms with E-state index >= 15 is 0 Å². The highest BCUT2D eigenvalue weighted by molar-refractivity contribution is 7.54. The fourth-order valence-corrected chi connectivity index (χ4v) is 1.60. The molecule has 7 heteroatoms. The Hall–Kier alpha value is -0.710. The van der Waals surface area contributed by atoms with E-state index in [0.29, 0.717) is 0 Å². The molecule has 0 radical (unpaired) electrons. The van der Waals surface area contributed by atoms with Crippen molar-refractivity contribution >= 4 is 19.3 Å². The van der Waals surface area contributed by atoms with Gasteiger partial charge in [-0.2, -0.15) is 0 Å². The molecule has 0 aromatic rings. The first kappa shape index (κ1) is 12.3. The van der Waals surface area contributed by atoms with E-state index in [9.17, 15) is 14.2 Å². The summed E-state index contributed by atoms with van der Waals surface area (Å²) in [6, 6.07) is 0. The van der Waals surface area contributed by atoms with Crippen LogP contribution in [0.25, 0.3) is 0 Å². The monoisotopic (exact) mass is 210 g/mol. The van der Waals surface area contributed by atoms with Crippen molar-refractivity contribution in [2.75, 3.05) is 20.4 Å². The lowest BCUT2D eigenvalue weighted by atomic mass is 10.3. The fourth-order valence-electron chi connectivity index (χ4n) is 0.644. The van der Waals surface area contributed by atoms with Crippen LogP contribution in [0.1, 0.15) is 6.42 Å². The van der Waals surface area contributed by atoms with Crippen molar-refractivity contribution < 1.29 is 28.3 Å². The normalized spacial score (nSPS) is 11.2. The Morgan fingerprint density at radius 3 is 2.08 bits per heavy atom. The highest BCUT2D eigenvalue weighted by Crippen LogP contribution is 2.46. The minimum absolute atomic E-state index is 0.508. The van der Waals surface area contributed by atoms with Crippen LogP contribution in [-0.4, -0.2) is 37.2 Å². The fraction of sp³-hybridized carbons (Fsp3) is 0.667. The number of ketones is 1. The SMILES string of the molecule is COP(=O)(CC(=O)CC(=O)O)OC. The first-order chi connectivity index (χ1) is 5.93. The molecular formula is C6H11O6P. The summed E-state index contributed by atoms with van der Waals surface area (Å²) in [5, 5.41) is 8.23. The third-order valence-corrected chi connectivity index (χ3v) is 3.13. The van der Waals surface area contributed by atoms with Gasteiger partial charge in [-0.1, -0.05) is 0 Å². The zero-order valence-corrected chi connectivity index (χ0v) is 8.24. The number of carboxylic acids is 1. The minimum Gasteiger partial charge on any atom is -0.481 e. The number of carbonyl (C=O) groups is 2. The van der Waals surface area contributed by atoms with Crippen LogP contribution in [0.2, 0.25) is 0 Å². The standard InChI is InChI=1S/C6H11O6P/c1-11-13(10,12-2)4-5(7)3-6(8)9/h3-4H2,1-2H3,(H,8,9). The molecule has 0 bridgehead atoms. The number of rotatable bonds is 6. The first-order valence-corrected chi connectivity index (χ1v) is 5.10. The highest BCUT2D eigenvalue weighted by Gasteiger charge is 2.26. The predicted octanol–water partition coefficient (Wildman–Crippen LogP) is 0.516. The maximum absolute atomic E-state index is 11.3. The molecule has 0 rings (SSSR count). The number of hydrogen-bond donors (Lipinski definition) is 1. The van der Waals surface area contributed by atoms with Gasteiger partial charge in [-0.25, -0.2) is 0 Å². The highest BCUT2D eigenvalue weighted by atomic mass is 31.2. The molecule has 0 aliphatic carbocycles. The smallest absolute Gasteiger partial charge is 0.337 e. The predicted molar refractivity (Wildman–Crippen MR) is 43.8 cm³/mol. The topological polar surface area (TPSA) is 89.9 Å². The van der Waals surface area contributed by atoms with Gasteiger partial charge in [0.1, 0.15) is 12.6 Å². The van der Waals surface area contributed by atoms with Gasteiger partial charge in [0.15, 0.2) is 5.78 Å². The van der Waals surface area contributed by atoms with Gasteiger partial charge in [0.25, 0.3) is 0 Å². The summed E-state index contributed by atoms with van der Waals surface area (Å²) in [5.74, 6) is -1.94. The third kappa shape index (κ3) is 4.77. The average Bonchev–Trinajstić information content (AvgIpc) is 2.02. The van der Waals surface area contributed by atoms with E-state index in [0.717, 1.165) is 14.2 Å². The van der Waals surface area contributed by atoms with E-state index in [4.69, 9.17) is 5.11 Å². The van der Waals surface area contributed by atoms with Crippen molar-refractivity contribution in [2.45, 2.75) is 6.42 Å². The molecule has 0 aliphatic rings. The summed E-state index contributed by atoms with van der Waals surface area (Å²) >= 11 is 0. The van der Waals surface area contributed by atoms with Crippen LogP contribution < -0.4 is 0 Å². The van der Waals surface area contributed by atoms with Crippen LogP contribution >= 0.6 is 7.60 Å². The number of carbonyl (C=O) groups excluding carboxylic acids is 1. The summed E-state index contributed by atoms with van der Waals surface area (Å²) in [6.45, 7) is 0. The lowest BCUT2D eigenvalue weighted by Crippen LogP contribution is -2.12. The molecule has 13 heavy (non-hydrogen) atoms. The van der Waals surface area contributed by atoms with Gasteiger partial charge in [0.2, 0.25) is 0 Å². The lowest BCUT2D eigenvalue weighted by molar-refractivity contribution is -0.139. The Labute approximate surface area is 75.4 Å². The molecule has 0 saturated heterocycles. The maximum atomic E-state index is 11.3. The van der Waals surface area contributed by atoms with Crippen molar-refractivity contribution in [2.24, 2.45) is 0 Å². The zero-order valence-electron chi connectivity index (χ0n) is 7.35. The molecule has 6 nitrogen and oxygen atoms in total. The Morgan fingerprint density at radius 2 is 1.77 bits per heavy atom. The number of Topliss-reactive ketones (excluding diaryl/α,β-unsaturated/α-hetero) is 1. The molecule has 0 aromatic carbocycles. The molecular weight excluding hydrogens is 199 g/mol. The van der Waals surface area contributed by atoms with Crippen molar-refractivity contribution in [1.29, 1.82) is 0 Å². The van der Waals surface area contributed by atoms with Crippen LogP contribution in [0.15, 0.2) is 0 Å². The van der Waals surface area contributed by atoms with Gasteiger partial charge in [-0.3, -0.25) is 14.2 Å². The largest absolute Gasteiger partial charge is 0.481 e. The van der Waals surface area contributed by atoms with Crippen LogP contribution in [0.4, 0.5) is 0 Å². The molecule has 0 spiro atoms. The Morgan fingerprint density at radius 1 is 1.31 bits per heavy atom. The zero-order chi connectivity index (χ0) is 10.5. The average molecular weight is 210 g/mol. The van der Waals surface area contributed by atoms with Crippen molar-refractivity contribution in [3.05, 3.63) is 0 Å². The molecule has 1 N–H and O–H groups in total. The summed E-state index contributed by atoms with van der Waals surface area (Å²) in [4.78, 5) is 21.0. The van der Waals surface area contributed by atoms with E-state index in [2.05, 4.69) is 9.05 Å². The number of carboxylic acid groups (broad SMARTS) is 1. The molecule has 0 atom stereocenters. The van der Waals surface area contributed by atoms with Gasteiger partial charge in [0.05, 0.1) is 0 Å². The lowest BCUT2D eigenvalue weighted by Gasteiger charge is -2.11. The van der Waals surface area contributed by atoms with Gasteiger partial charge in [-0.05, 0) is 0 Å². The van der Waals surface area contributed by atoms with Crippen molar-refractivity contribution in [3.63, 3.8) is 0 Å². The maximum Gasteiger partial charge on any atom is 0.337 e. The van der Waals surface area contributed by atoms with Crippen LogP contribution in [0.5, 0.6) is 0 Å². The summed E-state index contributed by atoms with van der Waals surface area (Å²) < 4.78 is 20.2. The van der Waals surface area contributed by atoms with Crippen LogP contribution in [0.3, 0.4) is 0 Å². The summed E-state index contributed by atoms with van der Waals surface area (Å²) in [7, 11) is -1.13. The third-order valence-electron chi connectivity index (χ3n) is 1.27. The molecule has 0 heterocycles. The van der Waals surface area contributed by atoms with Crippen molar-refractivity contribution in [3.8, 4) is 0 Å². The molecule has 0 aliphatic heterocycles. The van der Waals surface area contributed by atoms with E-state index in [1.165, 1.54) is 0 Å². The molecule has 0 fully saturated rings. The van der Waals surface area contributed by atoms with E-state index in [1.807, 2.05) is 0 Å². The Bertz CT molecular complexity index is 240. The number of hydrogen-bond acceptors (Lipinski definition) is 5. The minimum atomic E-state index is -3.41. The molecule has 0 aromatic heterocycles. The van der Waals surface area contributed by atoms with Crippen molar-refractivity contribution in [1.82, 2.24) is 0 Å². The molecule has 76 valence electrons. The van der Waals surface area contributed by atoms with E-state index < -0.39 is 31.9 Å². The van der Waals surface area contributed by atoms with E-state index in [-0.39, 0.29) is 0 Å². The summed E-state index contributed by atoms with van der Waals surface area (Å²) in [6.07, 6.45) is -1.18. The first-order valence-electron chi connectivity index (χ1n) is 3.37. The second-order valence-electron chi connectivity index (χ2n) is 2.24. The second-order valence-corrected chi connectivity index (χ2v) is 4.51. The second kappa shape index (κ2) is 5.11. The molecule has 0 unspecified atom stereocenters. The van der Waals surface area contributed by atoms with Crippen LogP contribution in [-0.2, 0) is 23.2 Å². The van der Waals surface area contributed by atoms with Gasteiger partial charge >= 0.3 is 13.6 Å². The van der Waals surface area contributed by atoms with Gasteiger partial charge < -0.3 is 14.2 Å². The number of aliphatic carboxylic acids is 1. The molecule has 0 amide bonds. The van der Waals surface area contributed by atoms with E-state index in [1.54, 1.807) is 0 Å². The van der Waals surface area contributed by atoms with Crippen LogP contribution in [0, 0.1) is 0 Å². The Kier molecular flexibility index (Phi) is 4.83. The van der Waals surface area contributed by atoms with Gasteiger partial charge in [0, 0.05) is 14.2 Å².